The van der Waals surface area contributed by atoms with Gasteiger partial charge in [-0.3, -0.25) is 10.1 Å². The molecule has 0 aliphatic rings. The van der Waals surface area contributed by atoms with Gasteiger partial charge >= 0.3 is 12.6 Å². The molecule has 1 aromatic carbocycles. The second kappa shape index (κ2) is 8.72. The van der Waals surface area contributed by atoms with Crippen molar-refractivity contribution in [1.82, 2.24) is 5.32 Å². The van der Waals surface area contributed by atoms with Gasteiger partial charge in [0.05, 0.1) is 17.2 Å². The number of nitro groups is 1. The van der Waals surface area contributed by atoms with E-state index in [2.05, 4.69) is 15.4 Å². The summed E-state index contributed by atoms with van der Waals surface area (Å²) >= 11 is 0. The lowest BCUT2D eigenvalue weighted by atomic mass is 10.2. The summed E-state index contributed by atoms with van der Waals surface area (Å²) in [6, 6.07) is 2.19. The van der Waals surface area contributed by atoms with E-state index in [1.54, 1.807) is 6.92 Å². The van der Waals surface area contributed by atoms with E-state index in [0.717, 1.165) is 18.2 Å². The number of halogens is 2. The molecule has 2 N–H and O–H groups in total. The standard InChI is InChI=1S/C12H15F2N3O5/c1-2-21-6-5-15-12(18)16-9-7-8(17(19)20)3-4-10(9)22-11(13)14/h3-4,7,11H,2,5-6H2,1H3,(H2,15,16,18). The van der Waals surface area contributed by atoms with E-state index in [1.807, 2.05) is 0 Å². The van der Waals surface area contributed by atoms with Crippen LogP contribution >= 0.6 is 0 Å². The third-order valence-electron chi connectivity index (χ3n) is 2.37. The van der Waals surface area contributed by atoms with E-state index in [0.29, 0.717) is 6.61 Å². The van der Waals surface area contributed by atoms with Crippen LogP contribution in [0.3, 0.4) is 0 Å². The summed E-state index contributed by atoms with van der Waals surface area (Å²) < 4.78 is 33.8. The van der Waals surface area contributed by atoms with Crippen molar-refractivity contribution in [3.05, 3.63) is 28.3 Å². The fraction of sp³-hybridized carbons (Fsp3) is 0.417. The summed E-state index contributed by atoms with van der Waals surface area (Å²) in [7, 11) is 0. The van der Waals surface area contributed by atoms with Crippen LogP contribution in [-0.4, -0.2) is 37.3 Å². The zero-order chi connectivity index (χ0) is 16.5. The second-order valence-corrected chi connectivity index (χ2v) is 3.89. The number of nitrogens with zero attached hydrogens (tertiary/aromatic N) is 1. The number of carbonyl (C=O) groups is 1. The minimum Gasteiger partial charge on any atom is -0.433 e. The number of amides is 2. The molecule has 1 aromatic rings. The monoisotopic (exact) mass is 319 g/mol. The van der Waals surface area contributed by atoms with Crippen molar-refractivity contribution in [2.24, 2.45) is 0 Å². The smallest absolute Gasteiger partial charge is 0.387 e. The molecule has 0 saturated heterocycles. The molecule has 0 aromatic heterocycles. The Morgan fingerprint density at radius 3 is 2.77 bits per heavy atom. The third kappa shape index (κ3) is 5.87. The van der Waals surface area contributed by atoms with Gasteiger partial charge in [0.2, 0.25) is 0 Å². The molecule has 0 aliphatic heterocycles. The summed E-state index contributed by atoms with van der Waals surface area (Å²) in [6.45, 7) is -0.376. The summed E-state index contributed by atoms with van der Waals surface area (Å²) in [4.78, 5) is 21.6. The molecule has 0 heterocycles. The van der Waals surface area contributed by atoms with Crippen LogP contribution < -0.4 is 15.4 Å². The van der Waals surface area contributed by atoms with Gasteiger partial charge in [0.1, 0.15) is 5.75 Å². The highest BCUT2D eigenvalue weighted by atomic mass is 19.3. The lowest BCUT2D eigenvalue weighted by Crippen LogP contribution is -2.31. The van der Waals surface area contributed by atoms with E-state index in [9.17, 15) is 23.7 Å². The molecule has 122 valence electrons. The highest BCUT2D eigenvalue weighted by Crippen LogP contribution is 2.30. The van der Waals surface area contributed by atoms with Gasteiger partial charge in [0, 0.05) is 25.3 Å². The van der Waals surface area contributed by atoms with Gasteiger partial charge in [0.15, 0.2) is 0 Å². The number of urea groups is 1. The molecular weight excluding hydrogens is 304 g/mol. The summed E-state index contributed by atoms with van der Waals surface area (Å²) in [6.07, 6.45) is 0. The number of alkyl halides is 2. The highest BCUT2D eigenvalue weighted by Gasteiger charge is 2.16. The number of rotatable bonds is 8. The number of hydrogen-bond acceptors (Lipinski definition) is 5. The molecule has 2 amide bonds. The fourth-order valence-corrected chi connectivity index (χ4v) is 1.48. The number of benzene rings is 1. The Bertz CT molecular complexity index is 527. The highest BCUT2D eigenvalue weighted by molar-refractivity contribution is 5.91. The average molecular weight is 319 g/mol. The molecule has 1 rings (SSSR count). The first-order valence-corrected chi connectivity index (χ1v) is 6.30. The number of ether oxygens (including phenoxy) is 2. The van der Waals surface area contributed by atoms with Gasteiger partial charge in [-0.05, 0) is 13.0 Å². The van der Waals surface area contributed by atoms with Gasteiger partial charge in [-0.2, -0.15) is 8.78 Å². The van der Waals surface area contributed by atoms with E-state index < -0.39 is 17.6 Å². The maximum atomic E-state index is 12.3. The van der Waals surface area contributed by atoms with Crippen molar-refractivity contribution in [1.29, 1.82) is 0 Å². The van der Waals surface area contributed by atoms with Crippen molar-refractivity contribution < 1.29 is 28.0 Å². The van der Waals surface area contributed by atoms with Crippen molar-refractivity contribution in [2.75, 3.05) is 25.1 Å². The lowest BCUT2D eigenvalue weighted by Gasteiger charge is -2.12. The van der Waals surface area contributed by atoms with E-state index >= 15 is 0 Å². The summed E-state index contributed by atoms with van der Waals surface area (Å²) in [5.41, 5.74) is -0.602. The maximum absolute atomic E-state index is 12.3. The van der Waals surface area contributed by atoms with Crippen molar-refractivity contribution >= 4 is 17.4 Å². The Balaban J connectivity index is 2.78. The molecule has 0 aliphatic carbocycles. The molecule has 0 fully saturated rings. The van der Waals surface area contributed by atoms with Crippen LogP contribution in [0, 0.1) is 10.1 Å². The van der Waals surface area contributed by atoms with E-state index in [-0.39, 0.29) is 30.3 Å². The predicted molar refractivity (Wildman–Crippen MR) is 73.2 cm³/mol. The van der Waals surface area contributed by atoms with Crippen LogP contribution in [0.5, 0.6) is 5.75 Å². The number of nitro benzene ring substituents is 1. The Hall–Kier alpha value is -2.49. The maximum Gasteiger partial charge on any atom is 0.387 e. The van der Waals surface area contributed by atoms with Crippen LogP contribution in [0.4, 0.5) is 25.0 Å². The first-order chi connectivity index (χ1) is 10.4. The van der Waals surface area contributed by atoms with Crippen LogP contribution in [0.2, 0.25) is 0 Å². The molecule has 8 nitrogen and oxygen atoms in total. The first kappa shape index (κ1) is 17.6. The molecule has 10 heteroatoms. The molecule has 0 bridgehead atoms. The lowest BCUT2D eigenvalue weighted by molar-refractivity contribution is -0.384. The Kier molecular flexibility index (Phi) is 6.96. The summed E-state index contributed by atoms with van der Waals surface area (Å²) in [5.74, 6) is -0.374. The van der Waals surface area contributed by atoms with Crippen molar-refractivity contribution in [3.8, 4) is 5.75 Å². The van der Waals surface area contributed by atoms with Crippen molar-refractivity contribution in [3.63, 3.8) is 0 Å². The van der Waals surface area contributed by atoms with Gasteiger partial charge in [0.25, 0.3) is 5.69 Å². The zero-order valence-corrected chi connectivity index (χ0v) is 11.7. The number of non-ortho nitro benzene ring substituents is 1. The van der Waals surface area contributed by atoms with Gasteiger partial charge in [-0.15, -0.1) is 0 Å². The van der Waals surface area contributed by atoms with Gasteiger partial charge in [-0.25, -0.2) is 4.79 Å². The topological polar surface area (TPSA) is 103 Å². The number of carbonyl (C=O) groups excluding carboxylic acids is 1. The van der Waals surface area contributed by atoms with Crippen LogP contribution in [0.15, 0.2) is 18.2 Å². The normalized spacial score (nSPS) is 10.4. The zero-order valence-electron chi connectivity index (χ0n) is 11.7. The average Bonchev–Trinajstić information content (AvgIpc) is 2.44. The molecule has 22 heavy (non-hydrogen) atoms. The molecule has 0 saturated carbocycles. The Morgan fingerprint density at radius 2 is 2.18 bits per heavy atom. The van der Waals surface area contributed by atoms with Crippen LogP contribution in [0.25, 0.3) is 0 Å². The Labute approximate surface area is 124 Å². The third-order valence-corrected chi connectivity index (χ3v) is 2.37. The van der Waals surface area contributed by atoms with Crippen LogP contribution in [0.1, 0.15) is 6.92 Å². The number of nitrogens with one attached hydrogen (secondary N) is 2. The van der Waals surface area contributed by atoms with E-state index in [1.165, 1.54) is 0 Å². The minimum absolute atomic E-state index is 0.194. The SMILES string of the molecule is CCOCCNC(=O)Nc1cc([N+](=O)[O-])ccc1OC(F)F. The van der Waals surface area contributed by atoms with Gasteiger partial charge < -0.3 is 20.1 Å². The molecule has 0 radical (unpaired) electrons. The quantitative estimate of drug-likeness (QED) is 0.435. The van der Waals surface area contributed by atoms with Gasteiger partial charge in [-0.1, -0.05) is 0 Å². The largest absolute Gasteiger partial charge is 0.433 e. The number of anilines is 1. The predicted octanol–water partition coefficient (Wildman–Crippen LogP) is 2.35. The molecule has 0 unspecified atom stereocenters. The minimum atomic E-state index is -3.12. The molecule has 0 atom stereocenters. The second-order valence-electron chi connectivity index (χ2n) is 3.89. The number of hydrogen-bond donors (Lipinski definition) is 2. The van der Waals surface area contributed by atoms with E-state index in [4.69, 9.17) is 4.74 Å². The molecular formula is C12H15F2N3O5. The Morgan fingerprint density at radius 1 is 1.45 bits per heavy atom. The summed E-state index contributed by atoms with van der Waals surface area (Å²) in [5, 5.41) is 15.3. The molecule has 0 spiro atoms. The fourth-order valence-electron chi connectivity index (χ4n) is 1.48. The van der Waals surface area contributed by atoms with Crippen LogP contribution in [-0.2, 0) is 4.74 Å². The first-order valence-electron chi connectivity index (χ1n) is 6.30. The van der Waals surface area contributed by atoms with Crippen molar-refractivity contribution in [2.45, 2.75) is 13.5 Å².